The Morgan fingerprint density at radius 1 is 1.27 bits per heavy atom. The first-order valence-corrected chi connectivity index (χ1v) is 10.0. The molecule has 1 amide bonds. The fourth-order valence-electron chi connectivity index (χ4n) is 3.03. The summed E-state index contributed by atoms with van der Waals surface area (Å²) in [7, 11) is -3.70. The van der Waals surface area contributed by atoms with Gasteiger partial charge in [-0.2, -0.15) is 4.31 Å². The molecule has 1 aliphatic rings. The van der Waals surface area contributed by atoms with Crippen LogP contribution in [-0.2, 0) is 21.4 Å². The summed E-state index contributed by atoms with van der Waals surface area (Å²) >= 11 is 0. The smallest absolute Gasteiger partial charge is 0.243 e. The van der Waals surface area contributed by atoms with E-state index in [0.29, 0.717) is 31.0 Å². The molecule has 26 heavy (non-hydrogen) atoms. The van der Waals surface area contributed by atoms with Gasteiger partial charge >= 0.3 is 0 Å². The molecule has 1 aromatic heterocycles. The van der Waals surface area contributed by atoms with Crippen molar-refractivity contribution in [3.63, 3.8) is 0 Å². The Labute approximate surface area is 153 Å². The van der Waals surface area contributed by atoms with Crippen LogP contribution in [0.5, 0.6) is 0 Å². The zero-order chi connectivity index (χ0) is 18.9. The van der Waals surface area contributed by atoms with Gasteiger partial charge in [0.25, 0.3) is 0 Å². The molecule has 2 heterocycles. The monoisotopic (exact) mass is 377 g/mol. The molecule has 3 rings (SSSR count). The van der Waals surface area contributed by atoms with Crippen molar-refractivity contribution in [1.82, 2.24) is 14.6 Å². The molecule has 7 nitrogen and oxygen atoms in total. The third-order valence-corrected chi connectivity index (χ3v) is 6.54. The number of hydrogen-bond acceptors (Lipinski definition) is 5. The van der Waals surface area contributed by atoms with Crippen LogP contribution in [-0.4, -0.2) is 36.2 Å². The Kier molecular flexibility index (Phi) is 5.15. The van der Waals surface area contributed by atoms with Gasteiger partial charge in [-0.15, -0.1) is 0 Å². The first-order valence-electron chi connectivity index (χ1n) is 8.58. The first-order chi connectivity index (χ1) is 12.3. The van der Waals surface area contributed by atoms with Crippen LogP contribution < -0.4 is 5.32 Å². The molecule has 0 unspecified atom stereocenters. The molecule has 1 atom stereocenters. The second kappa shape index (κ2) is 7.20. The SMILES string of the molecule is Cc1ccc(S(=O)(=O)N2CCC[C@H]2C(=O)NCc2nc(C)c(C)o2)cc1. The van der Waals surface area contributed by atoms with Gasteiger partial charge in [0.1, 0.15) is 11.8 Å². The van der Waals surface area contributed by atoms with Crippen molar-refractivity contribution in [3.05, 3.63) is 47.2 Å². The minimum absolute atomic E-state index is 0.141. The third kappa shape index (κ3) is 3.66. The first kappa shape index (κ1) is 18.6. The Morgan fingerprint density at radius 2 is 1.96 bits per heavy atom. The summed E-state index contributed by atoms with van der Waals surface area (Å²) in [6, 6.07) is 5.96. The molecule has 1 N–H and O–H groups in total. The van der Waals surface area contributed by atoms with Crippen molar-refractivity contribution >= 4 is 15.9 Å². The molecule has 0 bridgehead atoms. The maximum atomic E-state index is 12.9. The van der Waals surface area contributed by atoms with E-state index in [2.05, 4.69) is 10.3 Å². The molecule has 1 aliphatic heterocycles. The molecule has 0 spiro atoms. The van der Waals surface area contributed by atoms with E-state index >= 15 is 0 Å². The van der Waals surface area contributed by atoms with Crippen LogP contribution in [0.1, 0.15) is 35.7 Å². The highest BCUT2D eigenvalue weighted by molar-refractivity contribution is 7.89. The number of oxazole rings is 1. The summed E-state index contributed by atoms with van der Waals surface area (Å²) in [5, 5.41) is 2.74. The molecule has 1 saturated heterocycles. The van der Waals surface area contributed by atoms with E-state index in [1.54, 1.807) is 31.2 Å². The topological polar surface area (TPSA) is 92.5 Å². The summed E-state index contributed by atoms with van der Waals surface area (Å²) in [5.74, 6) is 0.796. The Bertz CT molecular complexity index is 884. The molecule has 0 aliphatic carbocycles. The summed E-state index contributed by atoms with van der Waals surface area (Å²) in [5.41, 5.74) is 1.76. The quantitative estimate of drug-likeness (QED) is 0.861. The molecular weight excluding hydrogens is 354 g/mol. The van der Waals surface area contributed by atoms with E-state index in [1.165, 1.54) is 4.31 Å². The molecule has 0 saturated carbocycles. The number of carbonyl (C=O) groups excluding carboxylic acids is 1. The fraction of sp³-hybridized carbons (Fsp3) is 0.444. The van der Waals surface area contributed by atoms with Gasteiger partial charge in [-0.3, -0.25) is 4.79 Å². The van der Waals surface area contributed by atoms with Crippen molar-refractivity contribution in [1.29, 1.82) is 0 Å². The van der Waals surface area contributed by atoms with Crippen LogP contribution in [0.2, 0.25) is 0 Å². The van der Waals surface area contributed by atoms with Crippen LogP contribution in [0.25, 0.3) is 0 Å². The van der Waals surface area contributed by atoms with E-state index in [4.69, 9.17) is 4.42 Å². The standard InChI is InChI=1S/C18H23N3O4S/c1-12-6-8-15(9-7-12)26(23,24)21-10-4-5-16(21)18(22)19-11-17-20-13(2)14(3)25-17/h6-9,16H,4-5,10-11H2,1-3H3,(H,19,22)/t16-/m0/s1. The number of sulfonamides is 1. The number of rotatable bonds is 5. The van der Waals surface area contributed by atoms with Gasteiger partial charge in [-0.05, 0) is 45.7 Å². The Hall–Kier alpha value is -2.19. The van der Waals surface area contributed by atoms with Crippen molar-refractivity contribution in [3.8, 4) is 0 Å². The van der Waals surface area contributed by atoms with Gasteiger partial charge in [-0.1, -0.05) is 17.7 Å². The maximum absolute atomic E-state index is 12.9. The number of nitrogens with zero attached hydrogens (tertiary/aromatic N) is 2. The van der Waals surface area contributed by atoms with Crippen molar-refractivity contribution in [2.24, 2.45) is 0 Å². The highest BCUT2D eigenvalue weighted by Crippen LogP contribution is 2.26. The molecule has 1 fully saturated rings. The van der Waals surface area contributed by atoms with Crippen molar-refractivity contribution in [2.45, 2.75) is 51.1 Å². The van der Waals surface area contributed by atoms with E-state index in [-0.39, 0.29) is 17.3 Å². The normalized spacial score (nSPS) is 18.2. The summed E-state index contributed by atoms with van der Waals surface area (Å²) < 4.78 is 32.5. The van der Waals surface area contributed by atoms with Crippen molar-refractivity contribution < 1.29 is 17.6 Å². The van der Waals surface area contributed by atoms with Gasteiger partial charge < -0.3 is 9.73 Å². The molecule has 8 heteroatoms. The van der Waals surface area contributed by atoms with E-state index < -0.39 is 16.1 Å². The second-order valence-electron chi connectivity index (χ2n) is 6.55. The highest BCUT2D eigenvalue weighted by Gasteiger charge is 2.39. The number of nitrogens with one attached hydrogen (secondary N) is 1. The minimum Gasteiger partial charge on any atom is -0.444 e. The van der Waals surface area contributed by atoms with E-state index in [9.17, 15) is 13.2 Å². The van der Waals surface area contributed by atoms with Gasteiger partial charge in [-0.25, -0.2) is 13.4 Å². The van der Waals surface area contributed by atoms with Crippen molar-refractivity contribution in [2.75, 3.05) is 6.54 Å². The van der Waals surface area contributed by atoms with Gasteiger partial charge in [0, 0.05) is 6.54 Å². The van der Waals surface area contributed by atoms with Gasteiger partial charge in [0.05, 0.1) is 17.1 Å². The van der Waals surface area contributed by atoms with Gasteiger partial charge in [0.15, 0.2) is 0 Å². The second-order valence-corrected chi connectivity index (χ2v) is 8.44. The Morgan fingerprint density at radius 3 is 2.58 bits per heavy atom. The summed E-state index contributed by atoms with van der Waals surface area (Å²) in [6.45, 7) is 6.01. The number of amides is 1. The zero-order valence-electron chi connectivity index (χ0n) is 15.2. The lowest BCUT2D eigenvalue weighted by molar-refractivity contribution is -0.124. The Balaban J connectivity index is 1.72. The average Bonchev–Trinajstić information content (AvgIpc) is 3.21. The molecular formula is C18H23N3O4S. The third-order valence-electron chi connectivity index (χ3n) is 4.62. The number of aryl methyl sites for hydroxylation is 3. The lowest BCUT2D eigenvalue weighted by Crippen LogP contribution is -2.45. The molecule has 0 radical (unpaired) electrons. The minimum atomic E-state index is -3.70. The highest BCUT2D eigenvalue weighted by atomic mass is 32.2. The van der Waals surface area contributed by atoms with Crippen LogP contribution in [0.3, 0.4) is 0 Å². The number of benzene rings is 1. The number of aromatic nitrogens is 1. The summed E-state index contributed by atoms with van der Waals surface area (Å²) in [4.78, 5) is 17.0. The predicted molar refractivity (Wildman–Crippen MR) is 95.9 cm³/mol. The number of hydrogen-bond donors (Lipinski definition) is 1. The average molecular weight is 377 g/mol. The molecule has 140 valence electrons. The van der Waals surface area contributed by atoms with Crippen LogP contribution >= 0.6 is 0 Å². The van der Waals surface area contributed by atoms with Gasteiger partial charge in [0.2, 0.25) is 21.8 Å². The van der Waals surface area contributed by atoms with Crippen LogP contribution in [0, 0.1) is 20.8 Å². The molecule has 1 aromatic carbocycles. The lowest BCUT2D eigenvalue weighted by Gasteiger charge is -2.23. The largest absolute Gasteiger partial charge is 0.444 e. The molecule has 2 aromatic rings. The maximum Gasteiger partial charge on any atom is 0.243 e. The van der Waals surface area contributed by atoms with Crippen LogP contribution in [0.15, 0.2) is 33.6 Å². The van der Waals surface area contributed by atoms with Crippen LogP contribution in [0.4, 0.5) is 0 Å². The fourth-order valence-corrected chi connectivity index (χ4v) is 4.69. The van der Waals surface area contributed by atoms with E-state index in [0.717, 1.165) is 11.3 Å². The lowest BCUT2D eigenvalue weighted by atomic mass is 10.2. The zero-order valence-corrected chi connectivity index (χ0v) is 16.0. The van der Waals surface area contributed by atoms with E-state index in [1.807, 2.05) is 13.8 Å². The summed E-state index contributed by atoms with van der Waals surface area (Å²) in [6.07, 6.45) is 1.15. The predicted octanol–water partition coefficient (Wildman–Crippen LogP) is 2.07. The number of carbonyl (C=O) groups is 1.